The van der Waals surface area contributed by atoms with E-state index in [9.17, 15) is 8.42 Å². The number of rotatable bonds is 2. The van der Waals surface area contributed by atoms with Gasteiger partial charge in [-0.05, 0) is 6.92 Å². The number of hydrogen-bond donors (Lipinski definition) is 0. The van der Waals surface area contributed by atoms with Crippen molar-refractivity contribution < 1.29 is 8.42 Å². The average molecular weight is 231 g/mol. The quantitative estimate of drug-likeness (QED) is 0.661. The molecule has 1 heterocycles. The maximum Gasteiger partial charge on any atom is 0.244 e. The predicted octanol–water partition coefficient (Wildman–Crippen LogP) is 0.811. The Balaban J connectivity index is 2.82. The molecule has 0 N–H and O–H groups in total. The van der Waals surface area contributed by atoms with Gasteiger partial charge in [-0.15, -0.1) is 0 Å². The van der Waals surface area contributed by atoms with Crippen LogP contribution in [0.25, 0.3) is 0 Å². The fraction of sp³-hybridized carbons (Fsp3) is 0.800. The minimum absolute atomic E-state index is 0.0480. The van der Waals surface area contributed by atoms with Crippen molar-refractivity contribution in [2.75, 3.05) is 13.1 Å². The molecule has 70 valence electrons. The van der Waals surface area contributed by atoms with Crippen molar-refractivity contribution in [2.45, 2.75) is 12.2 Å². The SMILES string of the molecule is CCN1CC(S(=O)(=O)Cl)C(Cl)=N1. The minimum atomic E-state index is -3.63. The van der Waals surface area contributed by atoms with Crippen molar-refractivity contribution in [2.24, 2.45) is 5.10 Å². The van der Waals surface area contributed by atoms with Gasteiger partial charge < -0.3 is 0 Å². The summed E-state index contributed by atoms with van der Waals surface area (Å²) in [5.74, 6) is 0. The van der Waals surface area contributed by atoms with Crippen LogP contribution in [-0.2, 0) is 9.05 Å². The predicted molar refractivity (Wildman–Crippen MR) is 49.1 cm³/mol. The summed E-state index contributed by atoms with van der Waals surface area (Å²) in [5, 5.41) is 4.56. The Kier molecular flexibility index (Phi) is 2.85. The number of hydrogen-bond acceptors (Lipinski definition) is 4. The first-order valence-corrected chi connectivity index (χ1v) is 6.12. The summed E-state index contributed by atoms with van der Waals surface area (Å²) in [4.78, 5) is 0. The molecule has 0 bridgehead atoms. The van der Waals surface area contributed by atoms with E-state index < -0.39 is 14.3 Å². The average Bonchev–Trinajstić information content (AvgIpc) is 2.29. The molecule has 12 heavy (non-hydrogen) atoms. The molecule has 0 spiro atoms. The zero-order chi connectivity index (χ0) is 9.35. The van der Waals surface area contributed by atoms with Crippen LogP contribution >= 0.6 is 22.3 Å². The van der Waals surface area contributed by atoms with Gasteiger partial charge in [0.2, 0.25) is 9.05 Å². The van der Waals surface area contributed by atoms with E-state index in [2.05, 4.69) is 5.10 Å². The lowest BCUT2D eigenvalue weighted by atomic mass is 10.4. The lowest BCUT2D eigenvalue weighted by Crippen LogP contribution is -2.27. The maximum atomic E-state index is 10.9. The van der Waals surface area contributed by atoms with Crippen LogP contribution in [0.3, 0.4) is 0 Å². The minimum Gasteiger partial charge on any atom is -0.294 e. The van der Waals surface area contributed by atoms with Gasteiger partial charge in [0.05, 0.1) is 6.54 Å². The van der Waals surface area contributed by atoms with Gasteiger partial charge in [0.15, 0.2) is 0 Å². The van der Waals surface area contributed by atoms with E-state index in [4.69, 9.17) is 22.3 Å². The molecule has 0 aromatic heterocycles. The van der Waals surface area contributed by atoms with Crippen LogP contribution in [0, 0.1) is 0 Å². The zero-order valence-electron chi connectivity index (χ0n) is 6.37. The molecule has 1 atom stereocenters. The van der Waals surface area contributed by atoms with Crippen molar-refractivity contribution in [3.05, 3.63) is 0 Å². The van der Waals surface area contributed by atoms with Crippen LogP contribution in [0.15, 0.2) is 5.10 Å². The van der Waals surface area contributed by atoms with E-state index in [0.29, 0.717) is 6.54 Å². The van der Waals surface area contributed by atoms with Crippen LogP contribution in [0.2, 0.25) is 0 Å². The van der Waals surface area contributed by atoms with Crippen LogP contribution < -0.4 is 0 Å². The maximum absolute atomic E-state index is 10.9. The largest absolute Gasteiger partial charge is 0.294 e. The third-order valence-electron chi connectivity index (χ3n) is 1.58. The molecule has 0 saturated carbocycles. The third kappa shape index (κ3) is 2.02. The van der Waals surface area contributed by atoms with Crippen molar-refractivity contribution in [3.63, 3.8) is 0 Å². The first kappa shape index (κ1) is 10.1. The van der Waals surface area contributed by atoms with E-state index in [1.807, 2.05) is 6.92 Å². The lowest BCUT2D eigenvalue weighted by Gasteiger charge is -2.10. The Bertz CT molecular complexity index is 301. The van der Waals surface area contributed by atoms with Crippen LogP contribution in [-0.4, -0.2) is 36.9 Å². The second-order valence-corrected chi connectivity index (χ2v) is 5.59. The summed E-state index contributed by atoms with van der Waals surface area (Å²) in [6, 6.07) is 0. The molecule has 0 fully saturated rings. The second-order valence-electron chi connectivity index (χ2n) is 2.39. The Morgan fingerprint density at radius 2 is 2.33 bits per heavy atom. The summed E-state index contributed by atoms with van der Waals surface area (Å²) in [6.07, 6.45) is 0. The lowest BCUT2D eigenvalue weighted by molar-refractivity contribution is 0.337. The molecule has 7 heteroatoms. The van der Waals surface area contributed by atoms with Crippen molar-refractivity contribution in [3.8, 4) is 0 Å². The van der Waals surface area contributed by atoms with Crippen LogP contribution in [0.1, 0.15) is 6.92 Å². The molecule has 1 unspecified atom stereocenters. The molecular formula is C5H8Cl2N2O2S. The van der Waals surface area contributed by atoms with Crippen molar-refractivity contribution >= 4 is 36.5 Å². The molecular weight excluding hydrogens is 223 g/mol. The highest BCUT2D eigenvalue weighted by molar-refractivity contribution is 8.14. The van der Waals surface area contributed by atoms with Gasteiger partial charge in [-0.1, -0.05) is 11.6 Å². The van der Waals surface area contributed by atoms with Gasteiger partial charge in [0, 0.05) is 17.2 Å². The van der Waals surface area contributed by atoms with Gasteiger partial charge in [-0.3, -0.25) is 5.01 Å². The van der Waals surface area contributed by atoms with Gasteiger partial charge in [-0.2, -0.15) is 5.10 Å². The third-order valence-corrected chi connectivity index (χ3v) is 3.75. The number of hydrazone groups is 1. The molecule has 4 nitrogen and oxygen atoms in total. The van der Waals surface area contributed by atoms with Gasteiger partial charge in [-0.25, -0.2) is 8.42 Å². The summed E-state index contributed by atoms with van der Waals surface area (Å²) in [6.45, 7) is 2.73. The van der Waals surface area contributed by atoms with Gasteiger partial charge in [0.25, 0.3) is 0 Å². The van der Waals surface area contributed by atoms with Gasteiger partial charge >= 0.3 is 0 Å². The first-order chi connectivity index (χ1) is 5.45. The van der Waals surface area contributed by atoms with Crippen molar-refractivity contribution in [1.29, 1.82) is 0 Å². The molecule has 0 radical (unpaired) electrons. The highest BCUT2D eigenvalue weighted by Gasteiger charge is 2.34. The Morgan fingerprint density at radius 3 is 2.58 bits per heavy atom. The molecule has 0 saturated heterocycles. The topological polar surface area (TPSA) is 49.7 Å². The van der Waals surface area contributed by atoms with E-state index in [0.717, 1.165) is 0 Å². The molecule has 1 aliphatic heterocycles. The fourth-order valence-electron chi connectivity index (χ4n) is 0.912. The zero-order valence-corrected chi connectivity index (χ0v) is 8.70. The number of nitrogens with zero attached hydrogens (tertiary/aromatic N) is 2. The van der Waals surface area contributed by atoms with Crippen LogP contribution in [0.5, 0.6) is 0 Å². The highest BCUT2D eigenvalue weighted by Crippen LogP contribution is 2.19. The van der Waals surface area contributed by atoms with E-state index >= 15 is 0 Å². The molecule has 1 rings (SSSR count). The fourth-order valence-corrected chi connectivity index (χ4v) is 2.63. The molecule has 0 amide bonds. The van der Waals surface area contributed by atoms with E-state index in [-0.39, 0.29) is 11.7 Å². The summed E-state index contributed by atoms with van der Waals surface area (Å²) >= 11 is 5.58. The standard InChI is InChI=1S/C5H8Cl2N2O2S/c1-2-9-3-4(5(6)8-9)12(7,10)11/h4H,2-3H2,1H3. The van der Waals surface area contributed by atoms with Crippen LogP contribution in [0.4, 0.5) is 0 Å². The highest BCUT2D eigenvalue weighted by atomic mass is 35.7. The van der Waals surface area contributed by atoms with Crippen molar-refractivity contribution in [1.82, 2.24) is 5.01 Å². The molecule has 0 aliphatic carbocycles. The van der Waals surface area contributed by atoms with E-state index in [1.54, 1.807) is 5.01 Å². The Labute approximate surface area is 80.6 Å². The van der Waals surface area contributed by atoms with E-state index in [1.165, 1.54) is 0 Å². The monoisotopic (exact) mass is 230 g/mol. The number of halogens is 2. The first-order valence-electron chi connectivity index (χ1n) is 3.37. The Morgan fingerprint density at radius 1 is 1.75 bits per heavy atom. The summed E-state index contributed by atoms with van der Waals surface area (Å²) in [5.41, 5.74) is 0. The smallest absolute Gasteiger partial charge is 0.244 e. The summed E-state index contributed by atoms with van der Waals surface area (Å²) < 4.78 is 21.8. The van der Waals surface area contributed by atoms with Gasteiger partial charge in [0.1, 0.15) is 10.4 Å². The molecule has 1 aliphatic rings. The second kappa shape index (κ2) is 3.40. The summed E-state index contributed by atoms with van der Waals surface area (Å²) in [7, 11) is 1.51. The normalized spacial score (nSPS) is 24.4. The molecule has 0 aromatic rings. The Hall–Kier alpha value is -0.000000000000000111. The molecule has 0 aromatic carbocycles.